The lowest BCUT2D eigenvalue weighted by Crippen LogP contribution is -2.15. The van der Waals surface area contributed by atoms with Crippen molar-refractivity contribution >= 4 is 27.3 Å². The third kappa shape index (κ3) is 3.99. The van der Waals surface area contributed by atoms with Crippen molar-refractivity contribution in [3.05, 3.63) is 60.2 Å². The number of ether oxygens (including phenoxy) is 2. The van der Waals surface area contributed by atoms with Gasteiger partial charge in [0.1, 0.15) is 13.2 Å². The Hall–Kier alpha value is -3.33. The highest BCUT2D eigenvalue weighted by Gasteiger charge is 2.15. The molecule has 2 aromatic carbocycles. The molecule has 1 aliphatic rings. The van der Waals surface area contributed by atoms with Gasteiger partial charge in [0, 0.05) is 11.8 Å². The second kappa shape index (κ2) is 7.35. The molecule has 0 unspecified atom stereocenters. The lowest BCUT2D eigenvalue weighted by atomic mass is 10.2. The van der Waals surface area contributed by atoms with Gasteiger partial charge in [0.25, 0.3) is 10.0 Å². The van der Waals surface area contributed by atoms with Gasteiger partial charge in [-0.2, -0.15) is 0 Å². The van der Waals surface area contributed by atoms with Gasteiger partial charge in [0.2, 0.25) is 0 Å². The van der Waals surface area contributed by atoms with Crippen molar-refractivity contribution in [2.24, 2.45) is 0 Å². The Kier molecular flexibility index (Phi) is 4.74. The zero-order chi connectivity index (χ0) is 19.6. The van der Waals surface area contributed by atoms with Gasteiger partial charge in [-0.15, -0.1) is 10.2 Å². The molecule has 2 heterocycles. The first-order chi connectivity index (χ1) is 13.5. The van der Waals surface area contributed by atoms with Gasteiger partial charge >= 0.3 is 0 Å². The third-order valence-corrected chi connectivity index (χ3v) is 5.42. The molecule has 8 nitrogen and oxygen atoms in total. The fourth-order valence-corrected chi connectivity index (χ4v) is 3.63. The molecule has 0 amide bonds. The molecule has 0 atom stereocenters. The molecule has 0 saturated heterocycles. The Balaban J connectivity index is 1.46. The van der Waals surface area contributed by atoms with Crippen LogP contribution in [0.1, 0.15) is 5.56 Å². The summed E-state index contributed by atoms with van der Waals surface area (Å²) in [5, 5.41) is 11.0. The van der Waals surface area contributed by atoms with Crippen LogP contribution >= 0.6 is 0 Å². The zero-order valence-corrected chi connectivity index (χ0v) is 15.9. The van der Waals surface area contributed by atoms with Gasteiger partial charge in [0.15, 0.2) is 23.1 Å². The number of rotatable bonds is 5. The number of fused-ring (bicyclic) bond motifs is 1. The monoisotopic (exact) mass is 398 g/mol. The van der Waals surface area contributed by atoms with E-state index in [1.807, 2.05) is 25.1 Å². The minimum absolute atomic E-state index is 0.133. The molecule has 9 heteroatoms. The number of anilines is 3. The summed E-state index contributed by atoms with van der Waals surface area (Å²) in [5.74, 6) is 1.96. The molecular weight excluding hydrogens is 380 g/mol. The van der Waals surface area contributed by atoms with Crippen molar-refractivity contribution in [3.63, 3.8) is 0 Å². The predicted octanol–water partition coefficient (Wildman–Crippen LogP) is 3.10. The lowest BCUT2D eigenvalue weighted by molar-refractivity contribution is 0.171. The van der Waals surface area contributed by atoms with Crippen LogP contribution in [0.5, 0.6) is 11.5 Å². The maximum Gasteiger partial charge on any atom is 0.263 e. The molecule has 2 N–H and O–H groups in total. The minimum atomic E-state index is -3.72. The van der Waals surface area contributed by atoms with Crippen LogP contribution < -0.4 is 19.5 Å². The van der Waals surface area contributed by atoms with E-state index in [0.29, 0.717) is 30.5 Å². The maximum atomic E-state index is 12.4. The summed E-state index contributed by atoms with van der Waals surface area (Å²) in [5.41, 5.74) is 1.74. The van der Waals surface area contributed by atoms with E-state index in [2.05, 4.69) is 20.2 Å². The number of aryl methyl sites for hydroxylation is 1. The van der Waals surface area contributed by atoms with E-state index < -0.39 is 10.0 Å². The van der Waals surface area contributed by atoms with Gasteiger partial charge < -0.3 is 14.8 Å². The van der Waals surface area contributed by atoms with Crippen molar-refractivity contribution in [2.45, 2.75) is 11.8 Å². The summed E-state index contributed by atoms with van der Waals surface area (Å²) in [6, 6.07) is 15.2. The normalized spacial score (nSPS) is 13.0. The molecule has 3 aromatic rings. The number of sulfonamides is 1. The largest absolute Gasteiger partial charge is 0.486 e. The van der Waals surface area contributed by atoms with Crippen LogP contribution in [-0.2, 0) is 10.0 Å². The van der Waals surface area contributed by atoms with Gasteiger partial charge in [-0.3, -0.25) is 4.72 Å². The molecule has 144 valence electrons. The standard InChI is InChI=1S/C19H18N4O4S/c1-13-2-5-15(6-3-13)28(24,25)23-19-9-8-18(21-22-19)20-14-4-7-16-17(12-14)27-11-10-26-16/h2-9,12H,10-11H2,1H3,(H,20,21)(H,22,23). The third-order valence-electron chi connectivity index (χ3n) is 4.05. The van der Waals surface area contributed by atoms with E-state index >= 15 is 0 Å². The summed E-state index contributed by atoms with van der Waals surface area (Å²) in [4.78, 5) is 0.165. The first-order valence-electron chi connectivity index (χ1n) is 8.59. The number of benzene rings is 2. The fraction of sp³-hybridized carbons (Fsp3) is 0.158. The van der Waals surface area contributed by atoms with Gasteiger partial charge in [-0.1, -0.05) is 17.7 Å². The van der Waals surface area contributed by atoms with Crippen molar-refractivity contribution in [2.75, 3.05) is 23.3 Å². The second-order valence-electron chi connectivity index (χ2n) is 6.21. The van der Waals surface area contributed by atoms with Crippen molar-refractivity contribution in [1.29, 1.82) is 0 Å². The number of hydrogen-bond donors (Lipinski definition) is 2. The molecule has 0 aliphatic carbocycles. The molecule has 0 bridgehead atoms. The van der Waals surface area contributed by atoms with E-state index in [1.165, 1.54) is 0 Å². The Bertz CT molecular complexity index is 1080. The molecule has 0 radical (unpaired) electrons. The SMILES string of the molecule is Cc1ccc(S(=O)(=O)Nc2ccc(Nc3ccc4c(c3)OCCO4)nn2)cc1. The zero-order valence-electron chi connectivity index (χ0n) is 15.0. The topological polar surface area (TPSA) is 102 Å². The highest BCUT2D eigenvalue weighted by Crippen LogP contribution is 2.33. The van der Waals surface area contributed by atoms with E-state index in [0.717, 1.165) is 11.3 Å². The van der Waals surface area contributed by atoms with Crippen LogP contribution in [0.2, 0.25) is 0 Å². The molecule has 0 spiro atoms. The highest BCUT2D eigenvalue weighted by atomic mass is 32.2. The fourth-order valence-electron chi connectivity index (χ4n) is 2.64. The van der Waals surface area contributed by atoms with Gasteiger partial charge in [-0.25, -0.2) is 8.42 Å². The number of nitrogens with zero attached hydrogens (tertiary/aromatic N) is 2. The molecule has 1 aliphatic heterocycles. The van der Waals surface area contributed by atoms with Crippen LogP contribution in [0, 0.1) is 6.92 Å². The van der Waals surface area contributed by atoms with Crippen molar-refractivity contribution in [1.82, 2.24) is 10.2 Å². The lowest BCUT2D eigenvalue weighted by Gasteiger charge is -2.19. The summed E-state index contributed by atoms with van der Waals surface area (Å²) < 4.78 is 38.3. The molecule has 1 aromatic heterocycles. The summed E-state index contributed by atoms with van der Waals surface area (Å²) in [7, 11) is -3.72. The molecular formula is C19H18N4O4S. The van der Waals surface area contributed by atoms with Crippen molar-refractivity contribution in [3.8, 4) is 11.5 Å². The van der Waals surface area contributed by atoms with Crippen LogP contribution in [0.25, 0.3) is 0 Å². The Labute approximate surface area is 162 Å². The summed E-state index contributed by atoms with van der Waals surface area (Å²) in [6.07, 6.45) is 0. The van der Waals surface area contributed by atoms with Crippen LogP contribution in [0.4, 0.5) is 17.3 Å². The Morgan fingerprint density at radius 1 is 0.857 bits per heavy atom. The molecule has 4 rings (SSSR count). The number of aromatic nitrogens is 2. The Morgan fingerprint density at radius 3 is 2.25 bits per heavy atom. The van der Waals surface area contributed by atoms with E-state index in [9.17, 15) is 8.42 Å². The molecule has 28 heavy (non-hydrogen) atoms. The summed E-state index contributed by atoms with van der Waals surface area (Å²) in [6.45, 7) is 2.93. The van der Waals surface area contributed by atoms with E-state index in [-0.39, 0.29) is 10.7 Å². The van der Waals surface area contributed by atoms with Crippen molar-refractivity contribution < 1.29 is 17.9 Å². The van der Waals surface area contributed by atoms with E-state index in [4.69, 9.17) is 9.47 Å². The van der Waals surface area contributed by atoms with Crippen LogP contribution in [0.15, 0.2) is 59.5 Å². The highest BCUT2D eigenvalue weighted by molar-refractivity contribution is 7.92. The van der Waals surface area contributed by atoms with Crippen LogP contribution in [-0.4, -0.2) is 31.8 Å². The Morgan fingerprint density at radius 2 is 1.54 bits per heavy atom. The first kappa shape index (κ1) is 18.1. The summed E-state index contributed by atoms with van der Waals surface area (Å²) >= 11 is 0. The smallest absolute Gasteiger partial charge is 0.263 e. The van der Waals surface area contributed by atoms with Gasteiger partial charge in [0.05, 0.1) is 4.90 Å². The predicted molar refractivity (Wildman–Crippen MR) is 105 cm³/mol. The number of nitrogens with one attached hydrogen (secondary N) is 2. The average molecular weight is 398 g/mol. The number of hydrogen-bond acceptors (Lipinski definition) is 7. The van der Waals surface area contributed by atoms with Gasteiger partial charge in [-0.05, 0) is 43.3 Å². The maximum absolute atomic E-state index is 12.4. The quantitative estimate of drug-likeness (QED) is 0.681. The minimum Gasteiger partial charge on any atom is -0.486 e. The first-order valence-corrected chi connectivity index (χ1v) is 10.1. The average Bonchev–Trinajstić information content (AvgIpc) is 2.69. The second-order valence-corrected chi connectivity index (χ2v) is 7.89. The molecule has 0 fully saturated rings. The molecule has 0 saturated carbocycles. The van der Waals surface area contributed by atoms with E-state index in [1.54, 1.807) is 36.4 Å². The van der Waals surface area contributed by atoms with Crippen LogP contribution in [0.3, 0.4) is 0 Å².